The first-order valence-electron chi connectivity index (χ1n) is 6.05. The summed E-state index contributed by atoms with van der Waals surface area (Å²) in [6, 6.07) is 0.520. The summed E-state index contributed by atoms with van der Waals surface area (Å²) in [7, 11) is 0. The zero-order valence-electron chi connectivity index (χ0n) is 10.1. The number of rotatable bonds is 4. The molecule has 3 nitrogen and oxygen atoms in total. The summed E-state index contributed by atoms with van der Waals surface area (Å²) < 4.78 is 0. The smallest absolute Gasteiger partial charge is 0.223 e. The molecule has 0 saturated heterocycles. The number of hydrogen-bond donors (Lipinski definition) is 2. The van der Waals surface area contributed by atoms with E-state index in [0.717, 1.165) is 25.7 Å². The Bertz CT molecular complexity index is 214. The van der Waals surface area contributed by atoms with E-state index in [9.17, 15) is 4.79 Å². The second kappa shape index (κ2) is 5.50. The summed E-state index contributed by atoms with van der Waals surface area (Å²) in [4.78, 5) is 11.7. The Balaban J connectivity index is 2.32. The van der Waals surface area contributed by atoms with Crippen molar-refractivity contribution in [2.75, 3.05) is 0 Å². The summed E-state index contributed by atoms with van der Waals surface area (Å²) in [6.07, 6.45) is 4.29. The Morgan fingerprint density at radius 2 is 2.07 bits per heavy atom. The molecule has 1 aliphatic carbocycles. The molecule has 0 aromatic carbocycles. The van der Waals surface area contributed by atoms with Crippen LogP contribution in [0.4, 0.5) is 0 Å². The molecule has 0 spiro atoms. The lowest BCUT2D eigenvalue weighted by atomic mass is 9.98. The topological polar surface area (TPSA) is 55.1 Å². The van der Waals surface area contributed by atoms with E-state index < -0.39 is 0 Å². The van der Waals surface area contributed by atoms with Crippen molar-refractivity contribution in [1.82, 2.24) is 5.32 Å². The van der Waals surface area contributed by atoms with Gasteiger partial charge in [-0.1, -0.05) is 0 Å². The summed E-state index contributed by atoms with van der Waals surface area (Å²) in [5.41, 5.74) is 5.77. The van der Waals surface area contributed by atoms with Crippen LogP contribution in [0.1, 0.15) is 46.5 Å². The van der Waals surface area contributed by atoms with Crippen molar-refractivity contribution < 1.29 is 4.79 Å². The molecule has 0 aliphatic heterocycles. The third kappa shape index (κ3) is 4.20. The minimum Gasteiger partial charge on any atom is -0.354 e. The second-order valence-electron chi connectivity index (χ2n) is 5.25. The van der Waals surface area contributed by atoms with E-state index >= 15 is 0 Å². The van der Waals surface area contributed by atoms with Gasteiger partial charge in [0.1, 0.15) is 0 Å². The third-order valence-electron chi connectivity index (χ3n) is 3.05. The Morgan fingerprint density at radius 3 is 2.60 bits per heavy atom. The minimum absolute atomic E-state index is 0.233. The quantitative estimate of drug-likeness (QED) is 0.744. The van der Waals surface area contributed by atoms with Crippen molar-refractivity contribution in [3.8, 4) is 0 Å². The number of nitrogens with one attached hydrogen (secondary N) is 1. The molecule has 1 rings (SSSR count). The highest BCUT2D eigenvalue weighted by atomic mass is 16.1. The van der Waals surface area contributed by atoms with E-state index in [1.807, 2.05) is 20.8 Å². The summed E-state index contributed by atoms with van der Waals surface area (Å²) in [6.45, 7) is 6.06. The van der Waals surface area contributed by atoms with Gasteiger partial charge in [0.05, 0.1) is 0 Å². The Hall–Kier alpha value is -0.570. The van der Waals surface area contributed by atoms with Crippen molar-refractivity contribution in [2.45, 2.75) is 58.5 Å². The molecular weight excluding hydrogens is 188 g/mol. The fourth-order valence-electron chi connectivity index (χ4n) is 2.46. The molecule has 15 heavy (non-hydrogen) atoms. The largest absolute Gasteiger partial charge is 0.354 e. The van der Waals surface area contributed by atoms with E-state index in [1.54, 1.807) is 0 Å². The summed E-state index contributed by atoms with van der Waals surface area (Å²) in [5, 5.41) is 2.99. The van der Waals surface area contributed by atoms with E-state index in [4.69, 9.17) is 5.73 Å². The lowest BCUT2D eigenvalue weighted by Crippen LogP contribution is -2.34. The molecule has 3 unspecified atom stereocenters. The Morgan fingerprint density at radius 1 is 1.40 bits per heavy atom. The molecule has 3 N–H and O–H groups in total. The van der Waals surface area contributed by atoms with Gasteiger partial charge in [-0.05, 0) is 52.4 Å². The van der Waals surface area contributed by atoms with E-state index in [2.05, 4.69) is 5.32 Å². The van der Waals surface area contributed by atoms with Gasteiger partial charge in [0, 0.05) is 18.0 Å². The van der Waals surface area contributed by atoms with E-state index in [1.165, 1.54) is 0 Å². The van der Waals surface area contributed by atoms with Crippen LogP contribution in [0, 0.1) is 11.8 Å². The second-order valence-corrected chi connectivity index (χ2v) is 5.25. The monoisotopic (exact) mass is 212 g/mol. The maximum Gasteiger partial charge on any atom is 0.223 e. The standard InChI is InChI=1S/C12H24N2O/c1-8(2)14-12(15)11-5-4-10(7-11)6-9(3)13/h8-11H,4-7,13H2,1-3H3,(H,14,15). The molecule has 1 fully saturated rings. The normalized spacial score (nSPS) is 28.1. The molecule has 1 saturated carbocycles. The van der Waals surface area contributed by atoms with Gasteiger partial charge in [0.25, 0.3) is 0 Å². The molecule has 3 heteroatoms. The first-order chi connectivity index (χ1) is 6.99. The lowest BCUT2D eigenvalue weighted by Gasteiger charge is -2.15. The molecular formula is C12H24N2O. The van der Waals surface area contributed by atoms with Crippen LogP contribution >= 0.6 is 0 Å². The fraction of sp³-hybridized carbons (Fsp3) is 0.917. The zero-order valence-corrected chi connectivity index (χ0v) is 10.1. The average Bonchev–Trinajstić information content (AvgIpc) is 2.50. The molecule has 1 amide bonds. The molecule has 0 radical (unpaired) electrons. The summed E-state index contributed by atoms with van der Waals surface area (Å²) >= 11 is 0. The Kier molecular flexibility index (Phi) is 4.58. The van der Waals surface area contributed by atoms with Crippen molar-refractivity contribution >= 4 is 5.91 Å². The highest BCUT2D eigenvalue weighted by Gasteiger charge is 2.30. The van der Waals surface area contributed by atoms with Crippen molar-refractivity contribution in [2.24, 2.45) is 17.6 Å². The third-order valence-corrected chi connectivity index (χ3v) is 3.05. The van der Waals surface area contributed by atoms with Crippen LogP contribution < -0.4 is 11.1 Å². The zero-order chi connectivity index (χ0) is 11.4. The first-order valence-corrected chi connectivity index (χ1v) is 6.05. The van der Waals surface area contributed by atoms with Crippen molar-refractivity contribution in [1.29, 1.82) is 0 Å². The van der Waals surface area contributed by atoms with Gasteiger partial charge in [-0.3, -0.25) is 4.79 Å². The average molecular weight is 212 g/mol. The molecule has 0 bridgehead atoms. The lowest BCUT2D eigenvalue weighted by molar-refractivity contribution is -0.125. The maximum absolute atomic E-state index is 11.7. The predicted octanol–water partition coefficient (Wildman–Crippen LogP) is 1.66. The van der Waals surface area contributed by atoms with Gasteiger partial charge in [-0.15, -0.1) is 0 Å². The van der Waals surface area contributed by atoms with Crippen LogP contribution in [0.25, 0.3) is 0 Å². The Labute approximate surface area is 92.8 Å². The number of hydrogen-bond acceptors (Lipinski definition) is 2. The number of carbonyl (C=O) groups excluding carboxylic acids is 1. The van der Waals surface area contributed by atoms with Crippen LogP contribution in [-0.2, 0) is 4.79 Å². The first kappa shape index (κ1) is 12.5. The van der Waals surface area contributed by atoms with E-state index in [-0.39, 0.29) is 23.9 Å². The molecule has 0 heterocycles. The highest BCUT2D eigenvalue weighted by molar-refractivity contribution is 5.79. The van der Waals surface area contributed by atoms with Gasteiger partial charge in [-0.25, -0.2) is 0 Å². The molecule has 0 aromatic rings. The maximum atomic E-state index is 11.7. The van der Waals surface area contributed by atoms with Crippen LogP contribution in [0.15, 0.2) is 0 Å². The van der Waals surface area contributed by atoms with Gasteiger partial charge >= 0.3 is 0 Å². The molecule has 88 valence electrons. The van der Waals surface area contributed by atoms with Crippen molar-refractivity contribution in [3.63, 3.8) is 0 Å². The SMILES string of the molecule is CC(N)CC1CCC(C(=O)NC(C)C)C1. The summed E-state index contributed by atoms with van der Waals surface area (Å²) in [5.74, 6) is 1.13. The van der Waals surface area contributed by atoms with Gasteiger partial charge < -0.3 is 11.1 Å². The van der Waals surface area contributed by atoms with Crippen LogP contribution in [-0.4, -0.2) is 18.0 Å². The molecule has 1 aliphatic rings. The molecule has 0 aromatic heterocycles. The van der Waals surface area contributed by atoms with Crippen LogP contribution in [0.2, 0.25) is 0 Å². The number of nitrogens with two attached hydrogens (primary N) is 1. The van der Waals surface area contributed by atoms with Crippen molar-refractivity contribution in [3.05, 3.63) is 0 Å². The minimum atomic E-state index is 0.233. The molecule has 3 atom stereocenters. The highest BCUT2D eigenvalue weighted by Crippen LogP contribution is 2.33. The number of amides is 1. The van der Waals surface area contributed by atoms with Gasteiger partial charge in [-0.2, -0.15) is 0 Å². The van der Waals surface area contributed by atoms with Gasteiger partial charge in [0.2, 0.25) is 5.91 Å². The number of carbonyl (C=O) groups is 1. The van der Waals surface area contributed by atoms with Crippen LogP contribution in [0.5, 0.6) is 0 Å². The van der Waals surface area contributed by atoms with Gasteiger partial charge in [0.15, 0.2) is 0 Å². The predicted molar refractivity (Wildman–Crippen MR) is 62.4 cm³/mol. The van der Waals surface area contributed by atoms with E-state index in [0.29, 0.717) is 5.92 Å². The fourth-order valence-corrected chi connectivity index (χ4v) is 2.46. The van der Waals surface area contributed by atoms with Crippen LogP contribution in [0.3, 0.4) is 0 Å².